The van der Waals surface area contributed by atoms with Crippen LogP contribution in [0.25, 0.3) is 0 Å². The van der Waals surface area contributed by atoms with Crippen LogP contribution in [0.1, 0.15) is 42.7 Å². The lowest BCUT2D eigenvalue weighted by atomic mass is 9.77. The van der Waals surface area contributed by atoms with E-state index in [-0.39, 0.29) is 5.92 Å². The highest BCUT2D eigenvalue weighted by Crippen LogP contribution is 2.33. The smallest absolute Gasteiger partial charge is 0.137 e. The summed E-state index contributed by atoms with van der Waals surface area (Å²) in [6.45, 7) is 1.97. The molecule has 0 bridgehead atoms. The molecule has 0 amide bonds. The molecule has 0 heterocycles. The molecule has 132 valence electrons. The summed E-state index contributed by atoms with van der Waals surface area (Å²) in [5.41, 5.74) is 2.72. The number of hydrogen-bond donors (Lipinski definition) is 0. The lowest BCUT2D eigenvalue weighted by Crippen LogP contribution is -2.34. The van der Waals surface area contributed by atoms with E-state index in [1.807, 2.05) is 6.07 Å². The largest absolute Gasteiger partial charge is 0.306 e. The normalized spacial score (nSPS) is 20.8. The number of carbonyl (C=O) groups excluding carboxylic acids is 1. The van der Waals surface area contributed by atoms with Crippen molar-refractivity contribution in [2.75, 3.05) is 20.1 Å². The summed E-state index contributed by atoms with van der Waals surface area (Å²) in [7, 11) is 2.15. The maximum absolute atomic E-state index is 12.6. The van der Waals surface area contributed by atoms with Crippen LogP contribution in [0.3, 0.4) is 0 Å². The van der Waals surface area contributed by atoms with E-state index in [9.17, 15) is 4.79 Å². The van der Waals surface area contributed by atoms with Crippen LogP contribution < -0.4 is 0 Å². The van der Waals surface area contributed by atoms with Gasteiger partial charge in [-0.25, -0.2) is 0 Å². The van der Waals surface area contributed by atoms with Gasteiger partial charge < -0.3 is 4.90 Å². The van der Waals surface area contributed by atoms with Crippen molar-refractivity contribution in [2.24, 2.45) is 5.92 Å². The standard InChI is InChI=1S/C23H29NO/c1-24(16-8-11-19-9-4-2-5-10-19)18-22-15-14-21(17-23(22)25)20-12-6-3-7-13-20/h2-7,9-10,12-13,21-22H,8,11,14-18H2,1H3. The fourth-order valence-electron chi connectivity index (χ4n) is 3.94. The van der Waals surface area contributed by atoms with Crippen LogP contribution in [-0.4, -0.2) is 30.8 Å². The average Bonchev–Trinajstić information content (AvgIpc) is 2.65. The SMILES string of the molecule is CN(CCCc1ccccc1)CC1CCC(c2ccccc2)CC1=O. The van der Waals surface area contributed by atoms with Crippen LogP contribution in [0.15, 0.2) is 60.7 Å². The predicted octanol–water partition coefficient (Wildman–Crippen LogP) is 4.70. The third-order valence-corrected chi connectivity index (χ3v) is 5.42. The van der Waals surface area contributed by atoms with E-state index < -0.39 is 0 Å². The van der Waals surface area contributed by atoms with Crippen molar-refractivity contribution in [2.45, 2.75) is 38.0 Å². The Balaban J connectivity index is 1.42. The van der Waals surface area contributed by atoms with Gasteiger partial charge in [-0.2, -0.15) is 0 Å². The molecule has 0 spiro atoms. The van der Waals surface area contributed by atoms with Crippen molar-refractivity contribution in [3.05, 3.63) is 71.8 Å². The van der Waals surface area contributed by atoms with Crippen molar-refractivity contribution < 1.29 is 4.79 Å². The molecule has 0 aromatic heterocycles. The molecule has 2 atom stereocenters. The summed E-state index contributed by atoms with van der Waals surface area (Å²) in [5, 5.41) is 0. The van der Waals surface area contributed by atoms with Gasteiger partial charge in [0.2, 0.25) is 0 Å². The van der Waals surface area contributed by atoms with E-state index in [0.717, 1.165) is 38.8 Å². The molecule has 2 aromatic carbocycles. The van der Waals surface area contributed by atoms with E-state index in [2.05, 4.69) is 66.5 Å². The van der Waals surface area contributed by atoms with Crippen molar-refractivity contribution >= 4 is 5.78 Å². The van der Waals surface area contributed by atoms with Gasteiger partial charge >= 0.3 is 0 Å². The molecule has 1 aliphatic rings. The third kappa shape index (κ3) is 5.27. The van der Waals surface area contributed by atoms with Crippen LogP contribution in [0.5, 0.6) is 0 Å². The maximum atomic E-state index is 12.6. The van der Waals surface area contributed by atoms with Gasteiger partial charge in [-0.05, 0) is 56.3 Å². The number of Topliss-reactive ketones (excluding diaryl/α,β-unsaturated/α-hetero) is 1. The zero-order chi connectivity index (χ0) is 17.5. The van der Waals surface area contributed by atoms with E-state index in [1.165, 1.54) is 11.1 Å². The van der Waals surface area contributed by atoms with Crippen LogP contribution in [-0.2, 0) is 11.2 Å². The van der Waals surface area contributed by atoms with Crippen LogP contribution in [0, 0.1) is 5.92 Å². The van der Waals surface area contributed by atoms with E-state index in [1.54, 1.807) is 0 Å². The summed E-state index contributed by atoms with van der Waals surface area (Å²) in [4.78, 5) is 14.9. The summed E-state index contributed by atoms with van der Waals surface area (Å²) in [6, 6.07) is 21.2. The summed E-state index contributed by atoms with van der Waals surface area (Å²) < 4.78 is 0. The number of nitrogens with zero attached hydrogens (tertiary/aromatic N) is 1. The molecule has 0 N–H and O–H groups in total. The Labute approximate surface area is 151 Å². The molecule has 3 rings (SSSR count). The monoisotopic (exact) mass is 335 g/mol. The Bertz CT molecular complexity index is 652. The number of rotatable bonds is 7. The summed E-state index contributed by atoms with van der Waals surface area (Å²) in [6.07, 6.45) is 5.14. The topological polar surface area (TPSA) is 20.3 Å². The molecule has 2 aromatic rings. The highest BCUT2D eigenvalue weighted by molar-refractivity contribution is 5.82. The third-order valence-electron chi connectivity index (χ3n) is 5.42. The first-order valence-electron chi connectivity index (χ1n) is 9.52. The zero-order valence-corrected chi connectivity index (χ0v) is 15.2. The Hall–Kier alpha value is -1.93. The van der Waals surface area contributed by atoms with Crippen molar-refractivity contribution in [3.8, 4) is 0 Å². The van der Waals surface area contributed by atoms with E-state index >= 15 is 0 Å². The molecular formula is C23H29NO. The minimum atomic E-state index is 0.224. The van der Waals surface area contributed by atoms with Gasteiger partial charge in [0, 0.05) is 18.9 Å². The average molecular weight is 335 g/mol. The molecule has 2 unspecified atom stereocenters. The van der Waals surface area contributed by atoms with E-state index in [4.69, 9.17) is 0 Å². The van der Waals surface area contributed by atoms with Gasteiger partial charge in [-0.15, -0.1) is 0 Å². The fraction of sp³-hybridized carbons (Fsp3) is 0.435. The Kier molecular flexibility index (Phi) is 6.41. The first-order chi connectivity index (χ1) is 12.2. The Morgan fingerprint density at radius 1 is 0.960 bits per heavy atom. The lowest BCUT2D eigenvalue weighted by molar-refractivity contribution is -0.125. The van der Waals surface area contributed by atoms with Gasteiger partial charge in [-0.3, -0.25) is 4.79 Å². The molecule has 0 radical (unpaired) electrons. The summed E-state index contributed by atoms with van der Waals surface area (Å²) in [5.74, 6) is 1.10. The molecule has 0 saturated heterocycles. The van der Waals surface area contributed by atoms with Crippen molar-refractivity contribution in [3.63, 3.8) is 0 Å². The molecule has 1 fully saturated rings. The van der Waals surface area contributed by atoms with Crippen LogP contribution in [0.4, 0.5) is 0 Å². The molecular weight excluding hydrogens is 306 g/mol. The Morgan fingerprint density at radius 3 is 2.32 bits per heavy atom. The van der Waals surface area contributed by atoms with Crippen molar-refractivity contribution in [1.82, 2.24) is 4.90 Å². The van der Waals surface area contributed by atoms with Gasteiger partial charge in [0.15, 0.2) is 0 Å². The molecule has 1 saturated carbocycles. The number of ketones is 1. The minimum absolute atomic E-state index is 0.224. The molecule has 0 aliphatic heterocycles. The second kappa shape index (κ2) is 8.96. The maximum Gasteiger partial charge on any atom is 0.137 e. The molecule has 1 aliphatic carbocycles. The van der Waals surface area contributed by atoms with E-state index in [0.29, 0.717) is 18.1 Å². The molecule has 25 heavy (non-hydrogen) atoms. The summed E-state index contributed by atoms with van der Waals surface area (Å²) >= 11 is 0. The lowest BCUT2D eigenvalue weighted by Gasteiger charge is -2.30. The van der Waals surface area contributed by atoms with Gasteiger partial charge in [-0.1, -0.05) is 60.7 Å². The van der Waals surface area contributed by atoms with Gasteiger partial charge in [0.1, 0.15) is 5.78 Å². The number of benzene rings is 2. The highest BCUT2D eigenvalue weighted by atomic mass is 16.1. The van der Waals surface area contributed by atoms with Crippen LogP contribution >= 0.6 is 0 Å². The first kappa shape index (κ1) is 17.9. The predicted molar refractivity (Wildman–Crippen MR) is 104 cm³/mol. The second-order valence-corrected chi connectivity index (χ2v) is 7.40. The fourth-order valence-corrected chi connectivity index (χ4v) is 3.94. The number of aryl methyl sites for hydroxylation is 1. The highest BCUT2D eigenvalue weighted by Gasteiger charge is 2.29. The van der Waals surface area contributed by atoms with Crippen LogP contribution in [0.2, 0.25) is 0 Å². The minimum Gasteiger partial charge on any atom is -0.306 e. The molecule has 2 heteroatoms. The zero-order valence-electron chi connectivity index (χ0n) is 15.2. The number of hydrogen-bond acceptors (Lipinski definition) is 2. The first-order valence-corrected chi connectivity index (χ1v) is 9.52. The molecule has 2 nitrogen and oxygen atoms in total. The van der Waals surface area contributed by atoms with Crippen molar-refractivity contribution in [1.29, 1.82) is 0 Å². The van der Waals surface area contributed by atoms with Gasteiger partial charge in [0.05, 0.1) is 0 Å². The second-order valence-electron chi connectivity index (χ2n) is 7.40. The quantitative estimate of drug-likeness (QED) is 0.731. The van der Waals surface area contributed by atoms with Gasteiger partial charge in [0.25, 0.3) is 0 Å². The Morgan fingerprint density at radius 2 is 1.64 bits per heavy atom. The number of carbonyl (C=O) groups is 1.